The Balaban J connectivity index is 1.77. The first kappa shape index (κ1) is 18.7. The molecule has 0 atom stereocenters. The molecule has 1 aromatic rings. The molecule has 0 saturated carbocycles. The minimum absolute atomic E-state index is 0.0380. The largest absolute Gasteiger partial charge is 0.384 e. The molecule has 132 valence electrons. The van der Waals surface area contributed by atoms with Crippen molar-refractivity contribution < 1.29 is 8.42 Å². The highest BCUT2D eigenvalue weighted by atomic mass is 32.2. The maximum atomic E-state index is 11.3. The van der Waals surface area contributed by atoms with Crippen LogP contribution in [0, 0.1) is 17.2 Å². The fourth-order valence-corrected chi connectivity index (χ4v) is 3.46. The number of likely N-dealkylation sites (tertiary alicyclic amines) is 1. The zero-order valence-corrected chi connectivity index (χ0v) is 15.0. The highest BCUT2D eigenvalue weighted by molar-refractivity contribution is 7.89. The topological polar surface area (TPSA) is 99.2 Å². The molecule has 1 aromatic carbocycles. The van der Waals surface area contributed by atoms with Crippen molar-refractivity contribution in [3.8, 4) is 6.07 Å². The molecule has 0 aromatic heterocycles. The molecule has 1 saturated heterocycles. The molecule has 1 heterocycles. The van der Waals surface area contributed by atoms with Crippen molar-refractivity contribution in [3.63, 3.8) is 0 Å². The molecule has 0 spiro atoms. The average Bonchev–Trinajstić information content (AvgIpc) is 2.55. The van der Waals surface area contributed by atoms with E-state index in [9.17, 15) is 13.7 Å². The van der Waals surface area contributed by atoms with Gasteiger partial charge in [-0.2, -0.15) is 5.26 Å². The van der Waals surface area contributed by atoms with Crippen LogP contribution in [0.5, 0.6) is 0 Å². The second kappa shape index (κ2) is 8.47. The van der Waals surface area contributed by atoms with Gasteiger partial charge in [0.15, 0.2) is 0 Å². The van der Waals surface area contributed by atoms with E-state index in [4.69, 9.17) is 5.14 Å². The van der Waals surface area contributed by atoms with Crippen molar-refractivity contribution in [1.82, 2.24) is 4.90 Å². The predicted molar refractivity (Wildman–Crippen MR) is 95.1 cm³/mol. The van der Waals surface area contributed by atoms with Crippen LogP contribution in [0.15, 0.2) is 23.1 Å². The van der Waals surface area contributed by atoms with E-state index in [1.807, 2.05) is 6.07 Å². The first-order valence-electron chi connectivity index (χ1n) is 8.43. The molecule has 0 amide bonds. The summed E-state index contributed by atoms with van der Waals surface area (Å²) in [6, 6.07) is 6.35. The fourth-order valence-electron chi connectivity index (χ4n) is 2.92. The lowest BCUT2D eigenvalue weighted by Gasteiger charge is -2.30. The van der Waals surface area contributed by atoms with Gasteiger partial charge in [0.2, 0.25) is 10.0 Å². The number of anilines is 1. The number of primary sulfonamides is 1. The van der Waals surface area contributed by atoms with Crippen LogP contribution >= 0.6 is 0 Å². The molecule has 0 bridgehead atoms. The Morgan fingerprint density at radius 2 is 2.04 bits per heavy atom. The van der Waals surface area contributed by atoms with E-state index in [2.05, 4.69) is 17.1 Å². The van der Waals surface area contributed by atoms with Crippen LogP contribution < -0.4 is 10.5 Å². The second-order valence-corrected chi connectivity index (χ2v) is 8.08. The molecule has 1 aliphatic rings. The van der Waals surface area contributed by atoms with Crippen molar-refractivity contribution in [2.24, 2.45) is 11.1 Å². The van der Waals surface area contributed by atoms with E-state index in [0.29, 0.717) is 11.3 Å². The maximum Gasteiger partial charge on any atom is 0.238 e. The number of nitrogens with two attached hydrogens (primary N) is 1. The fraction of sp³-hybridized carbons (Fsp3) is 0.588. The summed E-state index contributed by atoms with van der Waals surface area (Å²) in [7, 11) is -3.78. The molecular weight excluding hydrogens is 324 g/mol. The van der Waals surface area contributed by atoms with Gasteiger partial charge in [0, 0.05) is 6.54 Å². The summed E-state index contributed by atoms with van der Waals surface area (Å²) in [4.78, 5) is 2.48. The van der Waals surface area contributed by atoms with Gasteiger partial charge in [-0.1, -0.05) is 6.92 Å². The van der Waals surface area contributed by atoms with Crippen molar-refractivity contribution in [3.05, 3.63) is 23.8 Å². The standard InChI is InChI=1S/C17H26N4O2S/c1-14-6-10-21(11-7-14)9-3-2-8-20-17-5-4-16(24(19,22)23)12-15(17)13-18/h4-5,12,14,20H,2-3,6-11H2,1H3,(H2,19,22,23). The minimum Gasteiger partial charge on any atom is -0.384 e. The van der Waals surface area contributed by atoms with Crippen LogP contribution in [-0.2, 0) is 10.0 Å². The predicted octanol–water partition coefficient (Wildman–Crippen LogP) is 2.13. The Morgan fingerprint density at radius 1 is 1.33 bits per heavy atom. The van der Waals surface area contributed by atoms with Crippen LogP contribution in [-0.4, -0.2) is 39.5 Å². The lowest BCUT2D eigenvalue weighted by atomic mass is 9.99. The third-order valence-corrected chi connectivity index (χ3v) is 5.44. The summed E-state index contributed by atoms with van der Waals surface area (Å²) in [5, 5.41) is 17.5. The summed E-state index contributed by atoms with van der Waals surface area (Å²) in [6.07, 6.45) is 4.70. The van der Waals surface area contributed by atoms with E-state index < -0.39 is 10.0 Å². The lowest BCUT2D eigenvalue weighted by molar-refractivity contribution is 0.190. The maximum absolute atomic E-state index is 11.3. The normalized spacial score (nSPS) is 16.7. The first-order chi connectivity index (χ1) is 11.4. The number of rotatable bonds is 7. The highest BCUT2D eigenvalue weighted by Gasteiger charge is 2.15. The number of sulfonamides is 1. The number of unbranched alkanes of at least 4 members (excludes halogenated alkanes) is 1. The number of nitrogens with zero attached hydrogens (tertiary/aromatic N) is 2. The monoisotopic (exact) mass is 350 g/mol. The molecule has 1 aliphatic heterocycles. The SMILES string of the molecule is CC1CCN(CCCCNc2ccc(S(N)(=O)=O)cc2C#N)CC1. The van der Waals surface area contributed by atoms with Gasteiger partial charge >= 0.3 is 0 Å². The van der Waals surface area contributed by atoms with Crippen LogP contribution in [0.25, 0.3) is 0 Å². The van der Waals surface area contributed by atoms with Crippen LogP contribution in [0.4, 0.5) is 5.69 Å². The van der Waals surface area contributed by atoms with Crippen molar-refractivity contribution in [2.45, 2.75) is 37.5 Å². The number of nitrogens with one attached hydrogen (secondary N) is 1. The average molecular weight is 350 g/mol. The van der Waals surface area contributed by atoms with Gasteiger partial charge in [-0.3, -0.25) is 0 Å². The Labute approximate surface area is 144 Å². The molecule has 0 unspecified atom stereocenters. The summed E-state index contributed by atoms with van der Waals surface area (Å²) in [5.41, 5.74) is 0.947. The summed E-state index contributed by atoms with van der Waals surface area (Å²) >= 11 is 0. The van der Waals surface area contributed by atoms with Gasteiger partial charge < -0.3 is 10.2 Å². The number of hydrogen-bond donors (Lipinski definition) is 2. The van der Waals surface area contributed by atoms with Gasteiger partial charge in [-0.25, -0.2) is 13.6 Å². The molecule has 6 nitrogen and oxygen atoms in total. The van der Waals surface area contributed by atoms with Crippen molar-refractivity contribution >= 4 is 15.7 Å². The number of piperidine rings is 1. The Bertz CT molecular complexity index is 689. The number of hydrogen-bond acceptors (Lipinski definition) is 5. The molecular formula is C17H26N4O2S. The van der Waals surface area contributed by atoms with E-state index in [0.717, 1.165) is 31.8 Å². The first-order valence-corrected chi connectivity index (χ1v) is 9.98. The van der Waals surface area contributed by atoms with Gasteiger partial charge in [-0.05, 0) is 69.4 Å². The quantitative estimate of drug-likeness (QED) is 0.734. The summed E-state index contributed by atoms with van der Waals surface area (Å²) in [6.45, 7) is 6.58. The van der Waals surface area contributed by atoms with Gasteiger partial charge in [0.1, 0.15) is 6.07 Å². The van der Waals surface area contributed by atoms with Crippen molar-refractivity contribution in [2.75, 3.05) is 31.5 Å². The highest BCUT2D eigenvalue weighted by Crippen LogP contribution is 2.19. The zero-order valence-electron chi connectivity index (χ0n) is 14.2. The van der Waals surface area contributed by atoms with Crippen LogP contribution in [0.3, 0.4) is 0 Å². The third kappa shape index (κ3) is 5.48. The molecule has 1 fully saturated rings. The Morgan fingerprint density at radius 3 is 2.67 bits per heavy atom. The Hall–Kier alpha value is -1.62. The molecule has 2 rings (SSSR count). The van der Waals surface area contributed by atoms with Gasteiger partial charge in [0.25, 0.3) is 0 Å². The zero-order chi connectivity index (χ0) is 17.6. The second-order valence-electron chi connectivity index (χ2n) is 6.52. The lowest BCUT2D eigenvalue weighted by Crippen LogP contribution is -2.33. The molecule has 24 heavy (non-hydrogen) atoms. The number of benzene rings is 1. The molecule has 0 radical (unpaired) electrons. The summed E-state index contributed by atoms with van der Waals surface area (Å²) in [5.74, 6) is 0.854. The van der Waals surface area contributed by atoms with Gasteiger partial charge in [-0.15, -0.1) is 0 Å². The van der Waals surface area contributed by atoms with Gasteiger partial charge in [0.05, 0.1) is 16.1 Å². The Kier molecular flexibility index (Phi) is 6.60. The van der Waals surface area contributed by atoms with Crippen LogP contribution in [0.2, 0.25) is 0 Å². The smallest absolute Gasteiger partial charge is 0.238 e. The van der Waals surface area contributed by atoms with Crippen molar-refractivity contribution in [1.29, 1.82) is 5.26 Å². The molecule has 7 heteroatoms. The molecule has 3 N–H and O–H groups in total. The minimum atomic E-state index is -3.78. The summed E-state index contributed by atoms with van der Waals surface area (Å²) < 4.78 is 22.7. The molecule has 0 aliphatic carbocycles. The van der Waals surface area contributed by atoms with E-state index in [-0.39, 0.29) is 4.90 Å². The third-order valence-electron chi connectivity index (χ3n) is 4.53. The number of nitriles is 1. The van der Waals surface area contributed by atoms with E-state index in [1.165, 1.54) is 38.1 Å². The van der Waals surface area contributed by atoms with E-state index >= 15 is 0 Å². The van der Waals surface area contributed by atoms with E-state index in [1.54, 1.807) is 6.07 Å². The van der Waals surface area contributed by atoms with Crippen LogP contribution in [0.1, 0.15) is 38.2 Å².